The molecule has 0 aromatic heterocycles. The van der Waals surface area contributed by atoms with E-state index in [1.54, 1.807) is 6.92 Å². The van der Waals surface area contributed by atoms with E-state index in [4.69, 9.17) is 14.2 Å². The zero-order valence-electron chi connectivity index (χ0n) is 14.4. The average molecular weight is 336 g/mol. The maximum atomic E-state index is 11.4. The SMILES string of the molecule is CCOC(=O)CCC1Oc2ccc(C#Cc3ccc(C)cc3)cc2O1. The van der Waals surface area contributed by atoms with Gasteiger partial charge in [0, 0.05) is 17.5 Å². The van der Waals surface area contributed by atoms with Gasteiger partial charge in [-0.05, 0) is 44.2 Å². The van der Waals surface area contributed by atoms with Gasteiger partial charge in [0.2, 0.25) is 6.29 Å². The lowest BCUT2D eigenvalue weighted by molar-refractivity contribution is -0.144. The smallest absolute Gasteiger partial charge is 0.306 e. The summed E-state index contributed by atoms with van der Waals surface area (Å²) in [6, 6.07) is 13.7. The fourth-order valence-electron chi connectivity index (χ4n) is 2.45. The summed E-state index contributed by atoms with van der Waals surface area (Å²) in [5, 5.41) is 0. The monoisotopic (exact) mass is 336 g/mol. The standard InChI is InChI=1S/C21H20O4/c1-3-23-20(22)12-13-21-24-18-11-10-17(14-19(18)25-21)9-8-16-6-4-15(2)5-7-16/h4-7,10-11,14,21H,3,12-13H2,1-2H3. The van der Waals surface area contributed by atoms with Gasteiger partial charge in [-0.25, -0.2) is 0 Å². The minimum atomic E-state index is -0.459. The normalized spacial score (nSPS) is 14.6. The molecular weight excluding hydrogens is 316 g/mol. The molecule has 0 saturated heterocycles. The van der Waals surface area contributed by atoms with Crippen molar-refractivity contribution in [1.29, 1.82) is 0 Å². The van der Waals surface area contributed by atoms with Crippen molar-refractivity contribution in [2.75, 3.05) is 6.61 Å². The molecule has 4 heteroatoms. The van der Waals surface area contributed by atoms with Gasteiger partial charge >= 0.3 is 5.97 Å². The first-order chi connectivity index (χ1) is 12.1. The summed E-state index contributed by atoms with van der Waals surface area (Å²) in [6.45, 7) is 4.22. The summed E-state index contributed by atoms with van der Waals surface area (Å²) in [4.78, 5) is 11.4. The van der Waals surface area contributed by atoms with Crippen molar-refractivity contribution in [3.8, 4) is 23.3 Å². The third-order valence-corrected chi connectivity index (χ3v) is 3.75. The molecule has 0 aliphatic carbocycles. The first kappa shape index (κ1) is 16.9. The molecule has 1 aliphatic rings. The quantitative estimate of drug-likeness (QED) is 0.629. The van der Waals surface area contributed by atoms with E-state index in [2.05, 4.69) is 11.8 Å². The van der Waals surface area contributed by atoms with Crippen LogP contribution in [0.2, 0.25) is 0 Å². The maximum absolute atomic E-state index is 11.4. The Kier molecular flexibility index (Phi) is 5.25. The molecule has 0 N–H and O–H groups in total. The van der Waals surface area contributed by atoms with Gasteiger partial charge in [-0.2, -0.15) is 0 Å². The number of esters is 1. The highest BCUT2D eigenvalue weighted by atomic mass is 16.7. The van der Waals surface area contributed by atoms with Gasteiger partial charge in [-0.15, -0.1) is 0 Å². The third-order valence-electron chi connectivity index (χ3n) is 3.75. The number of ether oxygens (including phenoxy) is 3. The molecule has 1 atom stereocenters. The van der Waals surface area contributed by atoms with Crippen LogP contribution >= 0.6 is 0 Å². The van der Waals surface area contributed by atoms with Gasteiger partial charge in [-0.1, -0.05) is 29.5 Å². The molecule has 2 aromatic carbocycles. The Morgan fingerprint density at radius 1 is 1.04 bits per heavy atom. The molecule has 0 saturated carbocycles. The van der Waals surface area contributed by atoms with Crippen LogP contribution in [0.5, 0.6) is 11.5 Å². The molecule has 4 nitrogen and oxygen atoms in total. The number of benzene rings is 2. The summed E-state index contributed by atoms with van der Waals surface area (Å²) in [7, 11) is 0. The van der Waals surface area contributed by atoms with Crippen molar-refractivity contribution < 1.29 is 19.0 Å². The molecule has 1 heterocycles. The van der Waals surface area contributed by atoms with Gasteiger partial charge in [0.15, 0.2) is 11.5 Å². The number of carbonyl (C=O) groups is 1. The Balaban J connectivity index is 1.62. The molecular formula is C21H20O4. The fraction of sp³-hybridized carbons (Fsp3) is 0.286. The highest BCUT2D eigenvalue weighted by Crippen LogP contribution is 2.36. The number of carbonyl (C=O) groups excluding carboxylic acids is 1. The number of hydrogen-bond acceptors (Lipinski definition) is 4. The zero-order chi connectivity index (χ0) is 17.6. The van der Waals surface area contributed by atoms with Crippen LogP contribution in [0.25, 0.3) is 0 Å². The van der Waals surface area contributed by atoms with Crippen LogP contribution in [0, 0.1) is 18.8 Å². The van der Waals surface area contributed by atoms with Crippen molar-refractivity contribution >= 4 is 5.97 Å². The van der Waals surface area contributed by atoms with E-state index in [1.165, 1.54) is 5.56 Å². The van der Waals surface area contributed by atoms with E-state index in [-0.39, 0.29) is 12.4 Å². The summed E-state index contributed by atoms with van der Waals surface area (Å²) in [5.74, 6) is 7.36. The minimum absolute atomic E-state index is 0.240. The highest BCUT2D eigenvalue weighted by Gasteiger charge is 2.25. The fourth-order valence-corrected chi connectivity index (χ4v) is 2.45. The molecule has 2 aromatic rings. The second kappa shape index (κ2) is 7.76. The summed E-state index contributed by atoms with van der Waals surface area (Å²) < 4.78 is 16.3. The lowest BCUT2D eigenvalue weighted by Gasteiger charge is -2.09. The van der Waals surface area contributed by atoms with Crippen LogP contribution in [0.4, 0.5) is 0 Å². The number of rotatable bonds is 4. The van der Waals surface area contributed by atoms with Gasteiger partial charge in [0.05, 0.1) is 13.0 Å². The van der Waals surface area contributed by atoms with E-state index in [0.717, 1.165) is 11.1 Å². The predicted molar refractivity (Wildman–Crippen MR) is 94.5 cm³/mol. The molecule has 0 radical (unpaired) electrons. The Bertz CT molecular complexity index is 812. The lowest BCUT2D eigenvalue weighted by Crippen LogP contribution is -2.19. The summed E-state index contributed by atoms with van der Waals surface area (Å²) >= 11 is 0. The van der Waals surface area contributed by atoms with E-state index < -0.39 is 6.29 Å². The van der Waals surface area contributed by atoms with Crippen LogP contribution in [-0.4, -0.2) is 18.9 Å². The van der Waals surface area contributed by atoms with Crippen molar-refractivity contribution in [3.05, 3.63) is 59.2 Å². The lowest BCUT2D eigenvalue weighted by atomic mass is 10.1. The Morgan fingerprint density at radius 2 is 1.72 bits per heavy atom. The zero-order valence-corrected chi connectivity index (χ0v) is 14.4. The molecule has 1 aliphatic heterocycles. The largest absolute Gasteiger partial charge is 0.466 e. The second-order valence-electron chi connectivity index (χ2n) is 5.79. The van der Waals surface area contributed by atoms with Crippen molar-refractivity contribution in [3.63, 3.8) is 0 Å². The molecule has 3 rings (SSSR count). The summed E-state index contributed by atoms with van der Waals surface area (Å²) in [6.07, 6.45) is 0.268. The molecule has 0 fully saturated rings. The van der Waals surface area contributed by atoms with Crippen molar-refractivity contribution in [2.24, 2.45) is 0 Å². The van der Waals surface area contributed by atoms with Crippen LogP contribution in [0.15, 0.2) is 42.5 Å². The Hall–Kier alpha value is -2.93. The molecule has 0 amide bonds. The van der Waals surface area contributed by atoms with E-state index in [1.807, 2.05) is 49.4 Å². The van der Waals surface area contributed by atoms with Crippen LogP contribution in [0.3, 0.4) is 0 Å². The highest BCUT2D eigenvalue weighted by molar-refractivity contribution is 5.69. The average Bonchev–Trinajstić information content (AvgIpc) is 3.02. The van der Waals surface area contributed by atoms with Crippen molar-refractivity contribution in [1.82, 2.24) is 0 Å². The molecule has 1 unspecified atom stereocenters. The predicted octanol–water partition coefficient (Wildman–Crippen LogP) is 3.84. The molecule has 25 heavy (non-hydrogen) atoms. The van der Waals surface area contributed by atoms with Gasteiger partial charge in [-0.3, -0.25) is 4.79 Å². The molecule has 0 bridgehead atoms. The van der Waals surface area contributed by atoms with Gasteiger partial charge in [0.1, 0.15) is 0 Å². The molecule has 0 spiro atoms. The van der Waals surface area contributed by atoms with Crippen molar-refractivity contribution in [2.45, 2.75) is 33.0 Å². The second-order valence-corrected chi connectivity index (χ2v) is 5.79. The Labute approximate surface area is 147 Å². The van der Waals surface area contributed by atoms with Crippen LogP contribution < -0.4 is 9.47 Å². The third kappa shape index (κ3) is 4.54. The van der Waals surface area contributed by atoms with Gasteiger partial charge in [0.25, 0.3) is 0 Å². The summed E-state index contributed by atoms with van der Waals surface area (Å²) in [5.41, 5.74) is 3.03. The van der Waals surface area contributed by atoms with Crippen LogP contribution in [-0.2, 0) is 9.53 Å². The minimum Gasteiger partial charge on any atom is -0.466 e. The first-order valence-electron chi connectivity index (χ1n) is 8.35. The van der Waals surface area contributed by atoms with E-state index in [0.29, 0.717) is 24.5 Å². The first-order valence-corrected chi connectivity index (χ1v) is 8.35. The molecule has 128 valence electrons. The number of aryl methyl sites for hydroxylation is 1. The maximum Gasteiger partial charge on any atom is 0.306 e. The van der Waals surface area contributed by atoms with E-state index >= 15 is 0 Å². The van der Waals surface area contributed by atoms with Crippen LogP contribution in [0.1, 0.15) is 36.5 Å². The topological polar surface area (TPSA) is 44.8 Å². The van der Waals surface area contributed by atoms with Gasteiger partial charge < -0.3 is 14.2 Å². The van der Waals surface area contributed by atoms with E-state index in [9.17, 15) is 4.79 Å². The number of fused-ring (bicyclic) bond motifs is 1. The number of hydrogen-bond donors (Lipinski definition) is 0. The Morgan fingerprint density at radius 3 is 2.48 bits per heavy atom.